The highest BCUT2D eigenvalue weighted by Crippen LogP contribution is 2.23. The van der Waals surface area contributed by atoms with Gasteiger partial charge in [-0.05, 0) is 31.9 Å². The molecule has 15 heavy (non-hydrogen) atoms. The summed E-state index contributed by atoms with van der Waals surface area (Å²) in [5, 5.41) is 4.47. The van der Waals surface area contributed by atoms with Gasteiger partial charge in [0.2, 0.25) is 0 Å². The summed E-state index contributed by atoms with van der Waals surface area (Å²) in [7, 11) is 1.69. The van der Waals surface area contributed by atoms with Gasteiger partial charge >= 0.3 is 0 Å². The molecule has 0 radical (unpaired) electrons. The Morgan fingerprint density at radius 2 is 2.13 bits per heavy atom. The Bertz CT molecular complexity index is 500. The zero-order chi connectivity index (χ0) is 11.0. The van der Waals surface area contributed by atoms with Crippen LogP contribution in [0.15, 0.2) is 12.3 Å². The summed E-state index contributed by atoms with van der Waals surface area (Å²) in [6.45, 7) is 6.26. The second kappa shape index (κ2) is 3.57. The number of rotatable bonds is 2. The molecule has 2 aromatic rings. The molecule has 0 spiro atoms. The molecule has 0 fully saturated rings. The van der Waals surface area contributed by atoms with Crippen LogP contribution in [0, 0.1) is 13.8 Å². The third-order valence-corrected chi connectivity index (χ3v) is 2.81. The number of fused-ring (bicyclic) bond motifs is 1. The van der Waals surface area contributed by atoms with Crippen molar-refractivity contribution in [3.63, 3.8) is 0 Å². The zero-order valence-electron chi connectivity index (χ0n) is 9.66. The number of methoxy groups -OCH3 is 1. The minimum atomic E-state index is 0.882. The lowest BCUT2D eigenvalue weighted by Gasteiger charge is -2.05. The highest BCUT2D eigenvalue weighted by Gasteiger charge is 2.09. The van der Waals surface area contributed by atoms with Crippen LogP contribution in [0.25, 0.3) is 5.52 Å². The molecule has 0 atom stereocenters. The van der Waals surface area contributed by atoms with E-state index in [9.17, 15) is 0 Å². The van der Waals surface area contributed by atoms with Gasteiger partial charge in [-0.25, -0.2) is 4.52 Å². The summed E-state index contributed by atoms with van der Waals surface area (Å²) < 4.78 is 7.18. The van der Waals surface area contributed by atoms with Crippen molar-refractivity contribution in [3.05, 3.63) is 29.1 Å². The molecular weight excluding hydrogens is 188 g/mol. The first kappa shape index (κ1) is 10.0. The Labute approximate surface area is 89.7 Å². The van der Waals surface area contributed by atoms with Crippen molar-refractivity contribution in [1.29, 1.82) is 0 Å². The Hall–Kier alpha value is -1.51. The van der Waals surface area contributed by atoms with Gasteiger partial charge in [-0.15, -0.1) is 0 Å². The normalized spacial score (nSPS) is 10.9. The van der Waals surface area contributed by atoms with Crippen molar-refractivity contribution in [2.75, 3.05) is 7.11 Å². The average molecular weight is 204 g/mol. The lowest BCUT2D eigenvalue weighted by molar-refractivity contribution is 0.408. The van der Waals surface area contributed by atoms with Gasteiger partial charge in [0.15, 0.2) is 0 Å². The molecule has 0 amide bonds. The number of ether oxygens (including phenoxy) is 1. The summed E-state index contributed by atoms with van der Waals surface area (Å²) in [5.74, 6) is 0.882. The predicted octanol–water partition coefficient (Wildman–Crippen LogP) is 2.52. The molecule has 0 aliphatic heterocycles. The standard InChI is InChI=1S/C12H16N2O/c1-5-10-9(3)13-14-7-12(15-4)8(2)6-11(10)14/h6-7H,5H2,1-4H3. The quantitative estimate of drug-likeness (QED) is 0.751. The average Bonchev–Trinajstić information content (AvgIpc) is 2.51. The first-order valence-electron chi connectivity index (χ1n) is 5.19. The third-order valence-electron chi connectivity index (χ3n) is 2.81. The van der Waals surface area contributed by atoms with Crippen LogP contribution in [-0.2, 0) is 6.42 Å². The van der Waals surface area contributed by atoms with E-state index in [4.69, 9.17) is 4.74 Å². The predicted molar refractivity (Wildman–Crippen MR) is 60.6 cm³/mol. The third kappa shape index (κ3) is 1.48. The van der Waals surface area contributed by atoms with E-state index in [1.165, 1.54) is 11.1 Å². The van der Waals surface area contributed by atoms with E-state index in [0.29, 0.717) is 0 Å². The number of pyridine rings is 1. The van der Waals surface area contributed by atoms with Crippen LogP contribution < -0.4 is 4.74 Å². The summed E-state index contributed by atoms with van der Waals surface area (Å²) in [4.78, 5) is 0. The molecule has 2 rings (SSSR count). The smallest absolute Gasteiger partial charge is 0.140 e. The summed E-state index contributed by atoms with van der Waals surface area (Å²) in [5.41, 5.74) is 4.76. The van der Waals surface area contributed by atoms with E-state index in [-0.39, 0.29) is 0 Å². The molecule has 3 nitrogen and oxygen atoms in total. The van der Waals surface area contributed by atoms with E-state index in [2.05, 4.69) is 25.0 Å². The highest BCUT2D eigenvalue weighted by atomic mass is 16.5. The molecule has 80 valence electrons. The van der Waals surface area contributed by atoms with Crippen molar-refractivity contribution < 1.29 is 4.74 Å². The monoisotopic (exact) mass is 204 g/mol. The molecule has 0 N–H and O–H groups in total. The van der Waals surface area contributed by atoms with Crippen molar-refractivity contribution in [3.8, 4) is 5.75 Å². The number of hydrogen-bond donors (Lipinski definition) is 0. The minimum Gasteiger partial charge on any atom is -0.495 e. The minimum absolute atomic E-state index is 0.882. The van der Waals surface area contributed by atoms with E-state index in [1.54, 1.807) is 7.11 Å². The Balaban J connectivity index is 2.75. The first-order chi connectivity index (χ1) is 7.17. The molecule has 0 unspecified atom stereocenters. The van der Waals surface area contributed by atoms with Crippen LogP contribution in [0.2, 0.25) is 0 Å². The topological polar surface area (TPSA) is 26.5 Å². The molecule has 0 saturated carbocycles. The lowest BCUT2D eigenvalue weighted by atomic mass is 10.1. The van der Waals surface area contributed by atoms with Gasteiger partial charge in [-0.2, -0.15) is 5.10 Å². The molecule has 0 aliphatic carbocycles. The van der Waals surface area contributed by atoms with Gasteiger partial charge in [0, 0.05) is 5.56 Å². The second-order valence-corrected chi connectivity index (χ2v) is 3.77. The number of hydrogen-bond acceptors (Lipinski definition) is 2. The summed E-state index contributed by atoms with van der Waals surface area (Å²) in [6, 6.07) is 2.14. The molecule has 0 aromatic carbocycles. The summed E-state index contributed by atoms with van der Waals surface area (Å²) >= 11 is 0. The molecule has 2 aromatic heterocycles. The van der Waals surface area contributed by atoms with Gasteiger partial charge in [0.1, 0.15) is 5.75 Å². The van der Waals surface area contributed by atoms with Crippen LogP contribution in [0.5, 0.6) is 5.75 Å². The van der Waals surface area contributed by atoms with Crippen molar-refractivity contribution in [2.24, 2.45) is 0 Å². The fourth-order valence-corrected chi connectivity index (χ4v) is 1.99. The van der Waals surface area contributed by atoms with E-state index < -0.39 is 0 Å². The molecule has 0 saturated heterocycles. The molecular formula is C12H16N2O. The maximum Gasteiger partial charge on any atom is 0.140 e. The maximum atomic E-state index is 5.28. The van der Waals surface area contributed by atoms with Gasteiger partial charge < -0.3 is 4.74 Å². The van der Waals surface area contributed by atoms with Gasteiger partial charge in [-0.1, -0.05) is 6.92 Å². The van der Waals surface area contributed by atoms with Crippen LogP contribution >= 0.6 is 0 Å². The van der Waals surface area contributed by atoms with Gasteiger partial charge in [0.05, 0.1) is 24.5 Å². The van der Waals surface area contributed by atoms with E-state index >= 15 is 0 Å². The lowest BCUT2D eigenvalue weighted by Crippen LogP contribution is -1.93. The van der Waals surface area contributed by atoms with Crippen LogP contribution in [-0.4, -0.2) is 16.7 Å². The van der Waals surface area contributed by atoms with Crippen LogP contribution in [0.3, 0.4) is 0 Å². The fourth-order valence-electron chi connectivity index (χ4n) is 1.99. The van der Waals surface area contributed by atoms with Crippen LogP contribution in [0.1, 0.15) is 23.7 Å². The maximum absolute atomic E-state index is 5.28. The van der Waals surface area contributed by atoms with E-state index in [0.717, 1.165) is 23.4 Å². The number of aryl methyl sites for hydroxylation is 3. The largest absolute Gasteiger partial charge is 0.495 e. The number of aromatic nitrogens is 2. The molecule has 2 heterocycles. The molecule has 3 heteroatoms. The van der Waals surface area contributed by atoms with Crippen LogP contribution in [0.4, 0.5) is 0 Å². The SMILES string of the molecule is CCc1c(C)nn2cc(OC)c(C)cc12. The molecule has 0 bridgehead atoms. The van der Waals surface area contributed by atoms with Crippen molar-refractivity contribution in [1.82, 2.24) is 9.61 Å². The fraction of sp³-hybridized carbons (Fsp3) is 0.417. The second-order valence-electron chi connectivity index (χ2n) is 3.77. The number of nitrogens with zero attached hydrogens (tertiary/aromatic N) is 2. The van der Waals surface area contributed by atoms with Gasteiger partial charge in [-0.3, -0.25) is 0 Å². The zero-order valence-corrected chi connectivity index (χ0v) is 9.66. The Kier molecular flexibility index (Phi) is 2.39. The van der Waals surface area contributed by atoms with Crippen molar-refractivity contribution >= 4 is 5.52 Å². The Morgan fingerprint density at radius 1 is 1.40 bits per heavy atom. The van der Waals surface area contributed by atoms with E-state index in [1.807, 2.05) is 17.6 Å². The summed E-state index contributed by atoms with van der Waals surface area (Å²) in [6.07, 6.45) is 2.96. The highest BCUT2D eigenvalue weighted by molar-refractivity contribution is 5.59. The van der Waals surface area contributed by atoms with Crippen molar-refractivity contribution in [2.45, 2.75) is 27.2 Å². The molecule has 0 aliphatic rings. The van der Waals surface area contributed by atoms with Gasteiger partial charge in [0.25, 0.3) is 0 Å². The Morgan fingerprint density at radius 3 is 2.73 bits per heavy atom. The first-order valence-corrected chi connectivity index (χ1v) is 5.19.